The van der Waals surface area contributed by atoms with E-state index in [1.807, 2.05) is 31.2 Å². The summed E-state index contributed by atoms with van der Waals surface area (Å²) in [5.41, 5.74) is 2.87. The number of H-pyrrole nitrogens is 1. The first-order chi connectivity index (χ1) is 7.20. The van der Waals surface area contributed by atoms with E-state index >= 15 is 0 Å². The standard InChI is InChI=1S/C11H11ClN2O/c1-7-5-8-9(13-7)3-2-4-10(8)14-11(15)6-12/h2-5,13H,6H2,1H3,(H,14,15). The van der Waals surface area contributed by atoms with Gasteiger partial charge in [-0.25, -0.2) is 0 Å². The molecule has 3 nitrogen and oxygen atoms in total. The fraction of sp³-hybridized carbons (Fsp3) is 0.182. The number of aromatic amines is 1. The van der Waals surface area contributed by atoms with Crippen molar-refractivity contribution in [3.05, 3.63) is 30.0 Å². The number of rotatable bonds is 2. The van der Waals surface area contributed by atoms with Crippen molar-refractivity contribution < 1.29 is 4.79 Å². The quantitative estimate of drug-likeness (QED) is 0.754. The summed E-state index contributed by atoms with van der Waals surface area (Å²) in [4.78, 5) is 14.4. The Morgan fingerprint density at radius 1 is 1.53 bits per heavy atom. The first-order valence-corrected chi connectivity index (χ1v) is 5.18. The average molecular weight is 223 g/mol. The molecule has 1 amide bonds. The highest BCUT2D eigenvalue weighted by atomic mass is 35.5. The summed E-state index contributed by atoms with van der Waals surface area (Å²) in [6.45, 7) is 1.98. The third-order valence-corrected chi connectivity index (χ3v) is 2.44. The number of benzene rings is 1. The minimum absolute atomic E-state index is 0.0280. The summed E-state index contributed by atoms with van der Waals surface area (Å²) in [5.74, 6) is -0.220. The lowest BCUT2D eigenvalue weighted by Gasteiger charge is -2.03. The molecule has 0 aliphatic heterocycles. The van der Waals surface area contributed by atoms with Crippen LogP contribution in [0.25, 0.3) is 10.9 Å². The molecule has 0 spiro atoms. The molecule has 0 aliphatic carbocycles. The Bertz CT molecular complexity index is 504. The molecule has 0 atom stereocenters. The molecule has 0 fully saturated rings. The van der Waals surface area contributed by atoms with Crippen LogP contribution in [0.1, 0.15) is 5.69 Å². The van der Waals surface area contributed by atoms with Crippen LogP contribution in [0.2, 0.25) is 0 Å². The largest absolute Gasteiger partial charge is 0.359 e. The first-order valence-electron chi connectivity index (χ1n) is 4.65. The van der Waals surface area contributed by atoms with Gasteiger partial charge >= 0.3 is 0 Å². The smallest absolute Gasteiger partial charge is 0.239 e. The second-order valence-corrected chi connectivity index (χ2v) is 3.67. The molecule has 15 heavy (non-hydrogen) atoms. The number of nitrogens with one attached hydrogen (secondary N) is 2. The van der Waals surface area contributed by atoms with Crippen molar-refractivity contribution in [2.24, 2.45) is 0 Å². The molecule has 0 unspecified atom stereocenters. The molecule has 78 valence electrons. The molecule has 0 saturated carbocycles. The van der Waals surface area contributed by atoms with E-state index in [-0.39, 0.29) is 11.8 Å². The van der Waals surface area contributed by atoms with Gasteiger partial charge in [-0.15, -0.1) is 11.6 Å². The van der Waals surface area contributed by atoms with E-state index in [0.29, 0.717) is 0 Å². The molecule has 1 heterocycles. The molecular formula is C11H11ClN2O. The lowest BCUT2D eigenvalue weighted by atomic mass is 10.2. The fourth-order valence-corrected chi connectivity index (χ4v) is 1.65. The van der Waals surface area contributed by atoms with Crippen molar-refractivity contribution in [3.8, 4) is 0 Å². The van der Waals surface area contributed by atoms with E-state index in [9.17, 15) is 4.79 Å². The molecule has 1 aromatic carbocycles. The first kappa shape index (κ1) is 10.1. The number of hydrogen-bond acceptors (Lipinski definition) is 1. The maximum atomic E-state index is 11.2. The van der Waals surface area contributed by atoms with Gasteiger partial charge in [0.15, 0.2) is 0 Å². The van der Waals surface area contributed by atoms with Crippen LogP contribution in [0.15, 0.2) is 24.3 Å². The van der Waals surface area contributed by atoms with E-state index in [0.717, 1.165) is 22.3 Å². The van der Waals surface area contributed by atoms with Crippen LogP contribution in [-0.2, 0) is 4.79 Å². The maximum absolute atomic E-state index is 11.2. The van der Waals surface area contributed by atoms with Crippen LogP contribution in [-0.4, -0.2) is 16.8 Å². The van der Waals surface area contributed by atoms with E-state index in [4.69, 9.17) is 11.6 Å². The highest BCUT2D eigenvalue weighted by molar-refractivity contribution is 6.29. The Labute approximate surface area is 92.4 Å². The van der Waals surface area contributed by atoms with Gasteiger partial charge in [-0.05, 0) is 25.1 Å². The zero-order valence-electron chi connectivity index (χ0n) is 8.30. The van der Waals surface area contributed by atoms with Crippen molar-refractivity contribution in [3.63, 3.8) is 0 Å². The predicted octanol–water partition coefficient (Wildman–Crippen LogP) is 2.65. The van der Waals surface area contributed by atoms with Gasteiger partial charge in [-0.3, -0.25) is 4.79 Å². The molecule has 4 heteroatoms. The third-order valence-electron chi connectivity index (χ3n) is 2.19. The molecule has 0 aliphatic rings. The number of hydrogen-bond donors (Lipinski definition) is 2. The summed E-state index contributed by atoms with van der Waals surface area (Å²) in [6.07, 6.45) is 0. The molecule has 0 saturated heterocycles. The monoisotopic (exact) mass is 222 g/mol. The van der Waals surface area contributed by atoms with Crippen LogP contribution in [0, 0.1) is 6.92 Å². The summed E-state index contributed by atoms with van der Waals surface area (Å²) in [6, 6.07) is 7.72. The second kappa shape index (κ2) is 3.95. The maximum Gasteiger partial charge on any atom is 0.239 e. The zero-order valence-corrected chi connectivity index (χ0v) is 9.06. The van der Waals surface area contributed by atoms with Crippen LogP contribution in [0.4, 0.5) is 5.69 Å². The topological polar surface area (TPSA) is 44.9 Å². The Morgan fingerprint density at radius 2 is 2.33 bits per heavy atom. The number of anilines is 1. The average Bonchev–Trinajstić information content (AvgIpc) is 2.59. The highest BCUT2D eigenvalue weighted by Gasteiger charge is 2.05. The lowest BCUT2D eigenvalue weighted by Crippen LogP contribution is -2.12. The van der Waals surface area contributed by atoms with Gasteiger partial charge in [0.1, 0.15) is 5.88 Å². The zero-order chi connectivity index (χ0) is 10.8. The predicted molar refractivity (Wildman–Crippen MR) is 62.4 cm³/mol. The van der Waals surface area contributed by atoms with Crippen LogP contribution in [0.3, 0.4) is 0 Å². The number of carbonyl (C=O) groups excluding carboxylic acids is 1. The van der Waals surface area contributed by atoms with Gasteiger partial charge in [0.25, 0.3) is 0 Å². The van der Waals surface area contributed by atoms with E-state index in [2.05, 4.69) is 10.3 Å². The molecule has 0 radical (unpaired) electrons. The Morgan fingerprint density at radius 3 is 3.07 bits per heavy atom. The summed E-state index contributed by atoms with van der Waals surface area (Å²) < 4.78 is 0. The Hall–Kier alpha value is -1.48. The SMILES string of the molecule is Cc1cc2c(NC(=O)CCl)cccc2[nH]1. The van der Waals surface area contributed by atoms with E-state index < -0.39 is 0 Å². The van der Waals surface area contributed by atoms with Crippen LogP contribution < -0.4 is 5.32 Å². The molecule has 2 aromatic rings. The van der Waals surface area contributed by atoms with Crippen molar-refractivity contribution >= 4 is 34.1 Å². The van der Waals surface area contributed by atoms with Crippen molar-refractivity contribution in [1.29, 1.82) is 0 Å². The number of fused-ring (bicyclic) bond motifs is 1. The lowest BCUT2D eigenvalue weighted by molar-refractivity contribution is -0.113. The summed E-state index contributed by atoms with van der Waals surface area (Å²) in [7, 11) is 0. The van der Waals surface area contributed by atoms with Gasteiger partial charge < -0.3 is 10.3 Å². The van der Waals surface area contributed by atoms with Crippen LogP contribution in [0.5, 0.6) is 0 Å². The van der Waals surface area contributed by atoms with Crippen molar-refractivity contribution in [1.82, 2.24) is 4.98 Å². The van der Waals surface area contributed by atoms with E-state index in [1.165, 1.54) is 0 Å². The molecule has 0 bridgehead atoms. The number of aromatic nitrogens is 1. The molecular weight excluding hydrogens is 212 g/mol. The van der Waals surface area contributed by atoms with Gasteiger partial charge in [0.2, 0.25) is 5.91 Å². The molecule has 2 rings (SSSR count). The molecule has 1 aromatic heterocycles. The Kier molecular flexibility index (Phi) is 2.64. The normalized spacial score (nSPS) is 10.5. The van der Waals surface area contributed by atoms with E-state index in [1.54, 1.807) is 0 Å². The van der Waals surface area contributed by atoms with Crippen LogP contribution >= 0.6 is 11.6 Å². The van der Waals surface area contributed by atoms with Gasteiger partial charge in [-0.1, -0.05) is 6.07 Å². The third kappa shape index (κ3) is 1.97. The number of alkyl halides is 1. The minimum atomic E-state index is -0.192. The minimum Gasteiger partial charge on any atom is -0.359 e. The number of halogens is 1. The summed E-state index contributed by atoms with van der Waals surface area (Å²) >= 11 is 5.44. The number of aryl methyl sites for hydroxylation is 1. The van der Waals surface area contributed by atoms with Crippen molar-refractivity contribution in [2.75, 3.05) is 11.2 Å². The second-order valence-electron chi connectivity index (χ2n) is 3.40. The van der Waals surface area contributed by atoms with Gasteiger partial charge in [-0.2, -0.15) is 0 Å². The summed E-state index contributed by atoms with van der Waals surface area (Å²) in [5, 5.41) is 3.76. The fourth-order valence-electron chi connectivity index (χ4n) is 1.59. The highest BCUT2D eigenvalue weighted by Crippen LogP contribution is 2.23. The van der Waals surface area contributed by atoms with Crippen molar-refractivity contribution in [2.45, 2.75) is 6.92 Å². The van der Waals surface area contributed by atoms with Gasteiger partial charge in [0, 0.05) is 16.6 Å². The number of carbonyl (C=O) groups is 1. The van der Waals surface area contributed by atoms with Gasteiger partial charge in [0.05, 0.1) is 5.69 Å². The Balaban J connectivity index is 2.46. The molecule has 2 N–H and O–H groups in total. The number of amides is 1.